The predicted molar refractivity (Wildman–Crippen MR) is 97.9 cm³/mol. The summed E-state index contributed by atoms with van der Waals surface area (Å²) >= 11 is 0. The summed E-state index contributed by atoms with van der Waals surface area (Å²) in [6, 6.07) is -2.16. The van der Waals surface area contributed by atoms with E-state index in [-0.39, 0.29) is 6.42 Å². The van der Waals surface area contributed by atoms with Crippen molar-refractivity contribution in [3.05, 3.63) is 20.2 Å². The molecule has 0 radical (unpaired) electrons. The van der Waals surface area contributed by atoms with Crippen LogP contribution in [-0.2, 0) is 4.79 Å². The van der Waals surface area contributed by atoms with Crippen LogP contribution < -0.4 is 0 Å². The average molecular weight is 358 g/mol. The van der Waals surface area contributed by atoms with Crippen LogP contribution in [0.3, 0.4) is 0 Å². The summed E-state index contributed by atoms with van der Waals surface area (Å²) < 4.78 is 0. The minimum absolute atomic E-state index is 0.266. The summed E-state index contributed by atoms with van der Waals surface area (Å²) in [4.78, 5) is 31.9. The van der Waals surface area contributed by atoms with E-state index in [1.54, 1.807) is 0 Å². The molecule has 7 nitrogen and oxygen atoms in total. The number of rotatable bonds is 18. The van der Waals surface area contributed by atoms with E-state index in [0.717, 1.165) is 57.7 Å². The van der Waals surface area contributed by atoms with Crippen LogP contribution in [0.25, 0.3) is 0 Å². The van der Waals surface area contributed by atoms with Gasteiger partial charge in [0.2, 0.25) is 0 Å². The number of aldehydes is 1. The predicted octanol–water partition coefficient (Wildman–Crippen LogP) is 4.96. The fourth-order valence-electron chi connectivity index (χ4n) is 3.12. The minimum atomic E-state index is -1.08. The molecule has 0 aromatic heterocycles. The van der Waals surface area contributed by atoms with Crippen molar-refractivity contribution in [2.24, 2.45) is 0 Å². The smallest absolute Gasteiger partial charge is 0.279 e. The Morgan fingerprint density at radius 1 is 0.720 bits per heavy atom. The SMILES string of the molecule is CCCCCCCCC(C(CCCCCCCC=O)[N+](=O)[O-])[N+](=O)[O-]. The number of nitro groups is 2. The van der Waals surface area contributed by atoms with Gasteiger partial charge in [-0.1, -0.05) is 58.3 Å². The van der Waals surface area contributed by atoms with Gasteiger partial charge in [0, 0.05) is 29.1 Å². The van der Waals surface area contributed by atoms with Crippen molar-refractivity contribution in [2.45, 2.75) is 109 Å². The molecule has 2 atom stereocenters. The molecular weight excluding hydrogens is 324 g/mol. The molecule has 0 saturated carbocycles. The van der Waals surface area contributed by atoms with Crippen LogP contribution in [0.15, 0.2) is 0 Å². The molecule has 0 aromatic rings. The van der Waals surface area contributed by atoms with Crippen LogP contribution in [-0.4, -0.2) is 28.2 Å². The third kappa shape index (κ3) is 12.5. The Morgan fingerprint density at radius 2 is 1.12 bits per heavy atom. The summed E-state index contributed by atoms with van der Waals surface area (Å²) in [5, 5.41) is 22.6. The summed E-state index contributed by atoms with van der Waals surface area (Å²) in [6.45, 7) is 2.13. The molecule has 0 rings (SSSR count). The molecule has 2 unspecified atom stereocenters. The Kier molecular flexibility index (Phi) is 15.0. The van der Waals surface area contributed by atoms with Gasteiger partial charge in [-0.2, -0.15) is 0 Å². The molecule has 0 saturated heterocycles. The Hall–Kier alpha value is -1.53. The van der Waals surface area contributed by atoms with E-state index in [0.29, 0.717) is 25.7 Å². The second kappa shape index (κ2) is 16.0. The zero-order chi connectivity index (χ0) is 18.9. The lowest BCUT2D eigenvalue weighted by atomic mass is 9.96. The van der Waals surface area contributed by atoms with E-state index in [9.17, 15) is 25.0 Å². The first-order valence-electron chi connectivity index (χ1n) is 9.75. The molecule has 0 spiro atoms. The fourth-order valence-corrected chi connectivity index (χ4v) is 3.12. The molecule has 0 fully saturated rings. The lowest BCUT2D eigenvalue weighted by Crippen LogP contribution is -2.39. The van der Waals surface area contributed by atoms with Crippen LogP contribution in [0.2, 0.25) is 0 Å². The molecule has 0 aromatic carbocycles. The lowest BCUT2D eigenvalue weighted by molar-refractivity contribution is -0.618. The molecule has 146 valence electrons. The first-order chi connectivity index (χ1) is 12.0. The van der Waals surface area contributed by atoms with Crippen LogP contribution >= 0.6 is 0 Å². The first kappa shape index (κ1) is 23.5. The van der Waals surface area contributed by atoms with Crippen LogP contribution in [0.4, 0.5) is 0 Å². The molecule has 0 aliphatic carbocycles. The second-order valence-corrected chi connectivity index (χ2v) is 6.77. The van der Waals surface area contributed by atoms with E-state index >= 15 is 0 Å². The van der Waals surface area contributed by atoms with Gasteiger partial charge in [0.15, 0.2) is 0 Å². The number of hydrogen-bond acceptors (Lipinski definition) is 5. The number of carbonyl (C=O) groups excluding carboxylic acids is 1. The third-order valence-electron chi connectivity index (χ3n) is 4.66. The van der Waals surface area contributed by atoms with Gasteiger partial charge < -0.3 is 4.79 Å². The highest BCUT2D eigenvalue weighted by atomic mass is 16.6. The molecular formula is C18H34N2O5. The quantitative estimate of drug-likeness (QED) is 0.149. The molecule has 0 N–H and O–H groups in total. The van der Waals surface area contributed by atoms with Gasteiger partial charge in [-0.05, 0) is 19.3 Å². The largest absolute Gasteiger partial charge is 0.303 e. The van der Waals surface area contributed by atoms with Crippen molar-refractivity contribution in [1.29, 1.82) is 0 Å². The normalized spacial score (nSPS) is 13.3. The third-order valence-corrected chi connectivity index (χ3v) is 4.66. The minimum Gasteiger partial charge on any atom is -0.303 e. The zero-order valence-electron chi connectivity index (χ0n) is 15.6. The first-order valence-corrected chi connectivity index (χ1v) is 9.75. The second-order valence-electron chi connectivity index (χ2n) is 6.77. The molecule has 0 heterocycles. The van der Waals surface area contributed by atoms with Gasteiger partial charge in [-0.15, -0.1) is 0 Å². The maximum absolute atomic E-state index is 11.3. The molecule has 0 amide bonds. The zero-order valence-corrected chi connectivity index (χ0v) is 15.6. The van der Waals surface area contributed by atoms with Crippen molar-refractivity contribution < 1.29 is 14.6 Å². The van der Waals surface area contributed by atoms with Gasteiger partial charge in [0.1, 0.15) is 6.29 Å². The van der Waals surface area contributed by atoms with E-state index in [1.165, 1.54) is 6.42 Å². The van der Waals surface area contributed by atoms with E-state index < -0.39 is 21.9 Å². The monoisotopic (exact) mass is 358 g/mol. The van der Waals surface area contributed by atoms with Gasteiger partial charge >= 0.3 is 0 Å². The Balaban J connectivity index is 4.19. The van der Waals surface area contributed by atoms with Crippen LogP contribution in [0.1, 0.15) is 96.8 Å². The van der Waals surface area contributed by atoms with Crippen LogP contribution in [0.5, 0.6) is 0 Å². The van der Waals surface area contributed by atoms with E-state index in [4.69, 9.17) is 0 Å². The average Bonchev–Trinajstić information content (AvgIpc) is 2.57. The summed E-state index contributed by atoms with van der Waals surface area (Å²) in [6.07, 6.45) is 12.2. The Labute approximate surface area is 150 Å². The number of unbranched alkanes of at least 4 members (excludes halogenated alkanes) is 10. The topological polar surface area (TPSA) is 103 Å². The Morgan fingerprint density at radius 3 is 1.52 bits per heavy atom. The van der Waals surface area contributed by atoms with Crippen molar-refractivity contribution in [1.82, 2.24) is 0 Å². The van der Waals surface area contributed by atoms with Crippen molar-refractivity contribution in [2.75, 3.05) is 0 Å². The maximum atomic E-state index is 11.3. The number of carbonyl (C=O) groups is 1. The summed E-state index contributed by atoms with van der Waals surface area (Å²) in [5.74, 6) is 0. The van der Waals surface area contributed by atoms with E-state index in [2.05, 4.69) is 6.92 Å². The number of nitrogens with zero attached hydrogens (tertiary/aromatic N) is 2. The fraction of sp³-hybridized carbons (Fsp3) is 0.944. The van der Waals surface area contributed by atoms with Crippen molar-refractivity contribution in [3.8, 4) is 0 Å². The van der Waals surface area contributed by atoms with Gasteiger partial charge in [0.25, 0.3) is 12.1 Å². The summed E-state index contributed by atoms with van der Waals surface area (Å²) in [7, 11) is 0. The standard InChI is InChI=1S/C18H34N2O5/c1-2-3-4-5-8-11-14-17(19(22)23)18(20(24)25)15-12-9-6-7-10-13-16-21/h16-18H,2-15H2,1H3. The van der Waals surface area contributed by atoms with Gasteiger partial charge in [0.05, 0.1) is 0 Å². The highest BCUT2D eigenvalue weighted by Crippen LogP contribution is 2.19. The molecule has 25 heavy (non-hydrogen) atoms. The van der Waals surface area contributed by atoms with Gasteiger partial charge in [-0.3, -0.25) is 20.2 Å². The highest BCUT2D eigenvalue weighted by Gasteiger charge is 2.39. The Bertz CT molecular complexity index is 376. The number of hydrogen-bond donors (Lipinski definition) is 0. The summed E-state index contributed by atoms with van der Waals surface area (Å²) in [5.41, 5.74) is 0. The van der Waals surface area contributed by atoms with Crippen molar-refractivity contribution >= 4 is 6.29 Å². The highest BCUT2D eigenvalue weighted by molar-refractivity contribution is 5.48. The maximum Gasteiger partial charge on any atom is 0.279 e. The van der Waals surface area contributed by atoms with Crippen molar-refractivity contribution in [3.63, 3.8) is 0 Å². The van der Waals surface area contributed by atoms with E-state index in [1.807, 2.05) is 0 Å². The van der Waals surface area contributed by atoms with Gasteiger partial charge in [-0.25, -0.2) is 0 Å². The lowest BCUT2D eigenvalue weighted by Gasteiger charge is -2.14. The molecule has 0 bridgehead atoms. The van der Waals surface area contributed by atoms with Crippen LogP contribution in [0, 0.1) is 20.2 Å². The molecule has 0 aliphatic rings. The molecule has 0 aliphatic heterocycles. The molecule has 7 heteroatoms.